The summed E-state index contributed by atoms with van der Waals surface area (Å²) in [5.74, 6) is -0.225. The zero-order valence-corrected chi connectivity index (χ0v) is 13.7. The van der Waals surface area contributed by atoms with E-state index in [1.165, 1.54) is 23.3 Å². The quantitative estimate of drug-likeness (QED) is 0.864. The van der Waals surface area contributed by atoms with E-state index in [4.69, 9.17) is 5.26 Å². The Morgan fingerprint density at radius 3 is 3.00 bits per heavy atom. The minimum atomic E-state index is -0.173. The molecule has 1 aliphatic rings. The first-order chi connectivity index (χ1) is 10.1. The highest BCUT2D eigenvalue weighted by Gasteiger charge is 2.19. The summed E-state index contributed by atoms with van der Waals surface area (Å²) in [6.45, 7) is 1.89. The van der Waals surface area contributed by atoms with Gasteiger partial charge in [0.2, 0.25) is 0 Å². The summed E-state index contributed by atoms with van der Waals surface area (Å²) in [5.41, 5.74) is 1.46. The highest BCUT2D eigenvalue weighted by atomic mass is 32.2. The number of aromatic nitrogens is 1. The maximum Gasteiger partial charge on any atom is 0.280 e. The summed E-state index contributed by atoms with van der Waals surface area (Å²) in [6.07, 6.45) is 8.35. The van der Waals surface area contributed by atoms with E-state index in [2.05, 4.69) is 15.8 Å². The lowest BCUT2D eigenvalue weighted by Gasteiger charge is -2.20. The van der Waals surface area contributed by atoms with Crippen LogP contribution in [0.3, 0.4) is 0 Å². The highest BCUT2D eigenvalue weighted by molar-refractivity contribution is 7.97. The normalized spacial score (nSPS) is 17.0. The van der Waals surface area contributed by atoms with Crippen LogP contribution in [0.1, 0.15) is 21.8 Å². The van der Waals surface area contributed by atoms with Gasteiger partial charge in [0.05, 0.1) is 12.0 Å². The second kappa shape index (κ2) is 6.78. The van der Waals surface area contributed by atoms with E-state index in [1.807, 2.05) is 37.1 Å². The molecule has 110 valence electrons. The maximum atomic E-state index is 11.9. The van der Waals surface area contributed by atoms with Crippen molar-refractivity contribution in [2.75, 3.05) is 18.2 Å². The van der Waals surface area contributed by atoms with Crippen molar-refractivity contribution >= 4 is 34.3 Å². The number of nitrogens with one attached hydrogen (secondary N) is 1. The standard InChI is InChI=1S/C14H16N4OS2/c1-9-12(13(19)17-20-3)16-14(21-9)18(2)11-6-4-10(8-15)5-7-11/h4,6-7,10H,5H2,1-3H3,(H,17,19). The van der Waals surface area contributed by atoms with Crippen LogP contribution in [0.2, 0.25) is 0 Å². The molecule has 21 heavy (non-hydrogen) atoms. The molecule has 0 aliphatic heterocycles. The molecule has 5 nitrogen and oxygen atoms in total. The number of nitrogens with zero attached hydrogens (tertiary/aromatic N) is 3. The van der Waals surface area contributed by atoms with E-state index in [-0.39, 0.29) is 11.8 Å². The van der Waals surface area contributed by atoms with Crippen molar-refractivity contribution in [1.82, 2.24) is 9.71 Å². The number of nitriles is 1. The zero-order valence-electron chi connectivity index (χ0n) is 12.1. The van der Waals surface area contributed by atoms with Gasteiger partial charge >= 0.3 is 0 Å². The second-order valence-electron chi connectivity index (χ2n) is 4.55. The third kappa shape index (κ3) is 3.46. The predicted octanol–water partition coefficient (Wildman–Crippen LogP) is 2.88. The molecule has 0 fully saturated rings. The van der Waals surface area contributed by atoms with Crippen LogP contribution in [-0.2, 0) is 0 Å². The number of thiazole rings is 1. The van der Waals surface area contributed by atoms with E-state index in [0.717, 1.165) is 15.7 Å². The Hall–Kier alpha value is -1.78. The average molecular weight is 320 g/mol. The number of aryl methyl sites for hydroxylation is 1. The molecule has 0 aromatic carbocycles. The van der Waals surface area contributed by atoms with Crippen LogP contribution in [0.5, 0.6) is 0 Å². The van der Waals surface area contributed by atoms with E-state index in [9.17, 15) is 4.79 Å². The van der Waals surface area contributed by atoms with E-state index >= 15 is 0 Å². The molecule has 1 N–H and O–H groups in total. The zero-order chi connectivity index (χ0) is 15.4. The third-order valence-electron chi connectivity index (χ3n) is 3.12. The molecule has 7 heteroatoms. The van der Waals surface area contributed by atoms with Gasteiger partial charge in [-0.1, -0.05) is 24.1 Å². The summed E-state index contributed by atoms with van der Waals surface area (Å²) in [4.78, 5) is 19.1. The maximum absolute atomic E-state index is 11.9. The van der Waals surface area contributed by atoms with Crippen LogP contribution < -0.4 is 9.62 Å². The molecule has 1 unspecified atom stereocenters. The Balaban J connectivity index is 2.18. The van der Waals surface area contributed by atoms with Crippen LogP contribution >= 0.6 is 23.3 Å². The summed E-state index contributed by atoms with van der Waals surface area (Å²) in [5, 5.41) is 9.65. The molecule has 1 aromatic heterocycles. The van der Waals surface area contributed by atoms with Crippen molar-refractivity contribution < 1.29 is 4.79 Å². The number of anilines is 1. The van der Waals surface area contributed by atoms with Crippen molar-refractivity contribution in [3.05, 3.63) is 34.5 Å². The first-order valence-corrected chi connectivity index (χ1v) is 8.43. The summed E-state index contributed by atoms with van der Waals surface area (Å²) < 4.78 is 2.69. The molecule has 1 aromatic rings. The molecule has 0 radical (unpaired) electrons. The van der Waals surface area contributed by atoms with Crippen molar-refractivity contribution in [2.45, 2.75) is 13.3 Å². The molecule has 0 saturated carbocycles. The number of carbonyl (C=O) groups excluding carboxylic acids is 1. The Labute approximate surface area is 132 Å². The molecule has 0 bridgehead atoms. The van der Waals surface area contributed by atoms with Gasteiger partial charge < -0.3 is 4.90 Å². The minimum absolute atomic E-state index is 0.0527. The van der Waals surface area contributed by atoms with Crippen molar-refractivity contribution in [1.29, 1.82) is 5.26 Å². The lowest BCUT2D eigenvalue weighted by molar-refractivity contribution is 0.0980. The van der Waals surface area contributed by atoms with Crippen molar-refractivity contribution in [2.24, 2.45) is 5.92 Å². The molecule has 1 atom stereocenters. The molecule has 1 aliphatic carbocycles. The van der Waals surface area contributed by atoms with Crippen LogP contribution in [0.15, 0.2) is 23.9 Å². The van der Waals surface area contributed by atoms with Crippen LogP contribution in [0, 0.1) is 24.2 Å². The SMILES string of the molecule is CSNC(=O)c1nc(N(C)C2=CCC(C#N)C=C2)sc1C. The molecule has 2 rings (SSSR count). The van der Waals surface area contributed by atoms with E-state index in [1.54, 1.807) is 6.26 Å². The van der Waals surface area contributed by atoms with Gasteiger partial charge in [-0.05, 0) is 19.4 Å². The Kier molecular flexibility index (Phi) is 5.04. The number of hydrogen-bond acceptors (Lipinski definition) is 6. The number of rotatable bonds is 4. The Morgan fingerprint density at radius 1 is 1.67 bits per heavy atom. The summed E-state index contributed by atoms with van der Waals surface area (Å²) in [7, 11) is 1.91. The minimum Gasteiger partial charge on any atom is -0.321 e. The summed E-state index contributed by atoms with van der Waals surface area (Å²) in [6, 6.07) is 2.23. The first kappa shape index (κ1) is 15.6. The van der Waals surface area contributed by atoms with Gasteiger partial charge in [0, 0.05) is 23.9 Å². The van der Waals surface area contributed by atoms with Gasteiger partial charge in [-0.25, -0.2) is 4.98 Å². The van der Waals surface area contributed by atoms with Gasteiger partial charge in [-0.3, -0.25) is 9.52 Å². The Morgan fingerprint density at radius 2 is 2.43 bits per heavy atom. The van der Waals surface area contributed by atoms with Gasteiger partial charge in [0.1, 0.15) is 5.69 Å². The van der Waals surface area contributed by atoms with Crippen LogP contribution in [0.4, 0.5) is 5.13 Å². The van der Waals surface area contributed by atoms with Gasteiger partial charge in [0.15, 0.2) is 5.13 Å². The summed E-state index contributed by atoms with van der Waals surface area (Å²) >= 11 is 2.74. The largest absolute Gasteiger partial charge is 0.321 e. The highest BCUT2D eigenvalue weighted by Crippen LogP contribution is 2.29. The monoisotopic (exact) mass is 320 g/mol. The fourth-order valence-electron chi connectivity index (χ4n) is 1.94. The fraction of sp³-hybridized carbons (Fsp3) is 0.357. The third-order valence-corrected chi connectivity index (χ3v) is 4.55. The van der Waals surface area contributed by atoms with Crippen molar-refractivity contribution in [3.63, 3.8) is 0 Å². The number of carbonyl (C=O) groups is 1. The lowest BCUT2D eigenvalue weighted by Crippen LogP contribution is -2.19. The lowest BCUT2D eigenvalue weighted by atomic mass is 10.0. The smallest absolute Gasteiger partial charge is 0.280 e. The number of allylic oxidation sites excluding steroid dienone is 3. The van der Waals surface area contributed by atoms with E-state index < -0.39 is 0 Å². The molecular weight excluding hydrogens is 304 g/mol. The molecular formula is C14H16N4OS2. The van der Waals surface area contributed by atoms with Crippen LogP contribution in [-0.4, -0.2) is 24.2 Å². The topological polar surface area (TPSA) is 69.0 Å². The number of hydrogen-bond donors (Lipinski definition) is 1. The van der Waals surface area contributed by atoms with Crippen molar-refractivity contribution in [3.8, 4) is 6.07 Å². The molecule has 1 amide bonds. The van der Waals surface area contributed by atoms with E-state index in [0.29, 0.717) is 12.1 Å². The average Bonchev–Trinajstić information content (AvgIpc) is 2.89. The van der Waals surface area contributed by atoms with Gasteiger partial charge in [0.25, 0.3) is 5.91 Å². The van der Waals surface area contributed by atoms with Gasteiger partial charge in [-0.15, -0.1) is 11.3 Å². The second-order valence-corrected chi connectivity index (χ2v) is 6.35. The predicted molar refractivity (Wildman–Crippen MR) is 87.2 cm³/mol. The Bertz CT molecular complexity index is 642. The number of likely N-dealkylation sites (N-methyl/N-ethyl adjacent to an activating group) is 1. The molecule has 0 spiro atoms. The molecule has 0 saturated heterocycles. The molecule has 1 heterocycles. The fourth-order valence-corrected chi connectivity index (χ4v) is 3.11. The van der Waals surface area contributed by atoms with Gasteiger partial charge in [-0.2, -0.15) is 5.26 Å². The van der Waals surface area contributed by atoms with Crippen LogP contribution in [0.25, 0.3) is 0 Å². The number of amides is 1. The first-order valence-electron chi connectivity index (χ1n) is 6.39.